The first-order chi connectivity index (χ1) is 22.9. The summed E-state index contributed by atoms with van der Waals surface area (Å²) in [5.41, 5.74) is -0.860. The molecule has 12 rings (SSSR count). The number of thiazole rings is 1. The average Bonchev–Trinajstić information content (AvgIpc) is 3.98. The Morgan fingerprint density at radius 1 is 0.958 bits per heavy atom. The zero-order valence-corrected chi connectivity index (χ0v) is 27.2. The third-order valence-electron chi connectivity index (χ3n) is 12.8. The van der Waals surface area contributed by atoms with Gasteiger partial charge in [-0.2, -0.15) is 18.2 Å². The van der Waals surface area contributed by atoms with Crippen LogP contribution < -0.4 is 4.90 Å². The third-order valence-corrected chi connectivity index (χ3v) is 14.0. The summed E-state index contributed by atoms with van der Waals surface area (Å²) < 4.78 is 62.3. The van der Waals surface area contributed by atoms with Gasteiger partial charge in [-0.1, -0.05) is 17.3 Å². The molecule has 12 heteroatoms. The zero-order chi connectivity index (χ0) is 32.7. The first-order valence-corrected chi connectivity index (χ1v) is 18.0. The van der Waals surface area contributed by atoms with Crippen LogP contribution in [-0.2, 0) is 15.6 Å². The van der Waals surface area contributed by atoms with Gasteiger partial charge in [0.05, 0.1) is 15.1 Å². The molecule has 7 nitrogen and oxygen atoms in total. The van der Waals surface area contributed by atoms with Gasteiger partial charge in [-0.3, -0.25) is 4.79 Å². The Balaban J connectivity index is 0.928. The number of halogens is 4. The van der Waals surface area contributed by atoms with Crippen molar-refractivity contribution in [3.63, 3.8) is 0 Å². The maximum Gasteiger partial charge on any atom is 0.403 e. The number of hydrogen-bond donors (Lipinski definition) is 0. The predicted molar refractivity (Wildman–Crippen MR) is 170 cm³/mol. The molecule has 0 saturated heterocycles. The summed E-state index contributed by atoms with van der Waals surface area (Å²) in [6.07, 6.45) is 5.28. The number of hydrogen-bond acceptors (Lipinski definition) is 7. The van der Waals surface area contributed by atoms with E-state index in [9.17, 15) is 22.4 Å². The van der Waals surface area contributed by atoms with Crippen LogP contribution in [0.25, 0.3) is 21.5 Å². The Kier molecular flexibility index (Phi) is 5.79. The Labute approximate surface area is 278 Å². The number of anilines is 1. The summed E-state index contributed by atoms with van der Waals surface area (Å²) in [7, 11) is 0. The molecule has 4 bridgehead atoms. The molecule has 1 aromatic carbocycles. The number of carbonyl (C=O) groups is 1. The molecule has 0 radical (unpaired) electrons. The van der Waals surface area contributed by atoms with Crippen molar-refractivity contribution in [3.05, 3.63) is 53.3 Å². The Hall–Kier alpha value is -3.41. The van der Waals surface area contributed by atoms with Gasteiger partial charge in [-0.15, -0.1) is 11.3 Å². The highest BCUT2D eigenvalue weighted by molar-refractivity contribution is 7.18. The van der Waals surface area contributed by atoms with Crippen LogP contribution in [0.4, 0.5) is 23.2 Å². The molecule has 0 unspecified atom stereocenters. The van der Waals surface area contributed by atoms with Crippen molar-refractivity contribution >= 4 is 33.3 Å². The number of fused-ring (bicyclic) bond motifs is 4. The van der Waals surface area contributed by atoms with Gasteiger partial charge in [0.25, 0.3) is 0 Å². The lowest BCUT2D eigenvalue weighted by Crippen LogP contribution is -2.71. The molecule has 0 N–H and O–H groups in total. The van der Waals surface area contributed by atoms with Crippen LogP contribution in [0.15, 0.2) is 41.1 Å². The van der Waals surface area contributed by atoms with Gasteiger partial charge in [0, 0.05) is 35.3 Å². The van der Waals surface area contributed by atoms with Crippen molar-refractivity contribution in [1.29, 1.82) is 0 Å². The quantitative estimate of drug-likeness (QED) is 0.174. The number of carbonyl (C=O) groups excluding carboxylic acids is 1. The minimum atomic E-state index is -4.40. The fourth-order valence-corrected chi connectivity index (χ4v) is 10.5. The molecule has 0 spiro atoms. The van der Waals surface area contributed by atoms with E-state index in [1.807, 2.05) is 29.3 Å². The van der Waals surface area contributed by atoms with E-state index < -0.39 is 28.1 Å². The number of aromatic nitrogens is 4. The van der Waals surface area contributed by atoms with Crippen molar-refractivity contribution in [2.45, 2.75) is 112 Å². The lowest BCUT2D eigenvalue weighted by molar-refractivity contribution is -0.211. The smallest absolute Gasteiger partial charge is 0.338 e. The largest absolute Gasteiger partial charge is 0.403 e. The normalized spacial score (nSPS) is 32.9. The molecule has 48 heavy (non-hydrogen) atoms. The maximum atomic E-state index is 14.7. The van der Waals surface area contributed by atoms with E-state index in [-0.39, 0.29) is 30.1 Å². The van der Waals surface area contributed by atoms with Gasteiger partial charge in [0.1, 0.15) is 11.1 Å². The van der Waals surface area contributed by atoms with Crippen molar-refractivity contribution in [3.8, 4) is 11.1 Å². The first-order valence-electron chi connectivity index (χ1n) is 17.2. The van der Waals surface area contributed by atoms with Gasteiger partial charge in [0.15, 0.2) is 11.5 Å². The van der Waals surface area contributed by atoms with Crippen LogP contribution in [0.5, 0.6) is 0 Å². The fourth-order valence-electron chi connectivity index (χ4n) is 9.36. The Morgan fingerprint density at radius 3 is 2.33 bits per heavy atom. The number of benzene rings is 1. The minimum absolute atomic E-state index is 0.00533. The minimum Gasteiger partial charge on any atom is -0.338 e. The summed E-state index contributed by atoms with van der Waals surface area (Å²) in [6.45, 7) is 0.526. The molecule has 8 aliphatic carbocycles. The molecular weight excluding hydrogens is 642 g/mol. The molecule has 0 atom stereocenters. The molecule has 8 saturated carbocycles. The van der Waals surface area contributed by atoms with Crippen LogP contribution in [-0.4, -0.2) is 44.4 Å². The summed E-state index contributed by atoms with van der Waals surface area (Å²) in [5.74, 6) is 0.676. The van der Waals surface area contributed by atoms with E-state index in [1.165, 1.54) is 12.8 Å². The van der Waals surface area contributed by atoms with Gasteiger partial charge in [-0.05, 0) is 113 Å². The van der Waals surface area contributed by atoms with Gasteiger partial charge >= 0.3 is 6.18 Å². The highest BCUT2D eigenvalue weighted by atomic mass is 32.1. The second-order valence-electron chi connectivity index (χ2n) is 16.1. The SMILES string of the molecule is O=C(N(CC12CCC(c3noc(C4(C(F)(F)F)CC4)n3)(CC1)CC2)c1cccc(-c2cnc3nc(C4CC4)sc3c2)c1)C12CC(F)(C1)C2. The fraction of sp³-hybridized carbons (Fsp3) is 0.583. The van der Waals surface area contributed by atoms with Crippen LogP contribution in [0.3, 0.4) is 0 Å². The monoisotopic (exact) mass is 677 g/mol. The maximum absolute atomic E-state index is 14.7. The van der Waals surface area contributed by atoms with Crippen LogP contribution in [0.1, 0.15) is 106 Å². The van der Waals surface area contributed by atoms with Crippen molar-refractivity contribution < 1.29 is 26.9 Å². The molecule has 8 fully saturated rings. The van der Waals surface area contributed by atoms with Crippen LogP contribution in [0, 0.1) is 10.8 Å². The number of amides is 1. The first kappa shape index (κ1) is 29.5. The summed E-state index contributed by atoms with van der Waals surface area (Å²) in [6, 6.07) is 10.2. The number of nitrogens with zero attached hydrogens (tertiary/aromatic N) is 5. The van der Waals surface area contributed by atoms with E-state index in [2.05, 4.69) is 27.3 Å². The van der Waals surface area contributed by atoms with Crippen molar-refractivity contribution in [2.24, 2.45) is 10.8 Å². The Morgan fingerprint density at radius 2 is 1.69 bits per heavy atom. The summed E-state index contributed by atoms with van der Waals surface area (Å²) >= 11 is 1.71. The standard InChI is InChI=1S/C36H35F4N5O2S/c37-34-17-33(18-34,19-34)30(46)45(24-3-1-2-22(14-24)23-15-25-26(41-16-23)42-27(48-25)21-4-5-21)20-31-6-9-32(10-7-31,11-8-31)28-43-29(47-44-28)35(12-13-35)36(38,39)40/h1-3,14-16,21H,4-13,17-20H2. The third kappa shape index (κ3) is 4.25. The highest BCUT2D eigenvalue weighted by Gasteiger charge is 2.74. The lowest BCUT2D eigenvalue weighted by Gasteiger charge is -2.65. The number of pyridine rings is 1. The average molecular weight is 678 g/mol. The number of alkyl halides is 4. The molecule has 250 valence electrons. The molecular formula is C36H35F4N5O2S. The topological polar surface area (TPSA) is 85.0 Å². The van der Waals surface area contributed by atoms with Crippen molar-refractivity contribution in [1.82, 2.24) is 20.1 Å². The van der Waals surface area contributed by atoms with E-state index in [0.29, 0.717) is 37.5 Å². The van der Waals surface area contributed by atoms with E-state index in [4.69, 9.17) is 9.51 Å². The van der Waals surface area contributed by atoms with Gasteiger partial charge in [0.2, 0.25) is 11.8 Å². The van der Waals surface area contributed by atoms with Crippen LogP contribution in [0.2, 0.25) is 0 Å². The van der Waals surface area contributed by atoms with Gasteiger partial charge < -0.3 is 9.42 Å². The van der Waals surface area contributed by atoms with Gasteiger partial charge in [-0.25, -0.2) is 14.4 Å². The molecule has 0 aliphatic heterocycles. The predicted octanol–water partition coefficient (Wildman–Crippen LogP) is 8.73. The van der Waals surface area contributed by atoms with Crippen LogP contribution >= 0.6 is 11.3 Å². The lowest BCUT2D eigenvalue weighted by atomic mass is 9.41. The van der Waals surface area contributed by atoms with E-state index in [1.54, 1.807) is 11.3 Å². The second kappa shape index (κ2) is 9.43. The zero-order valence-electron chi connectivity index (χ0n) is 26.4. The van der Waals surface area contributed by atoms with E-state index in [0.717, 1.165) is 70.7 Å². The molecule has 3 heterocycles. The highest BCUT2D eigenvalue weighted by Crippen LogP contribution is 2.70. The molecule has 8 aliphatic rings. The number of rotatable bonds is 8. The second-order valence-corrected chi connectivity index (χ2v) is 17.1. The molecule has 3 aromatic heterocycles. The van der Waals surface area contributed by atoms with Crippen molar-refractivity contribution in [2.75, 3.05) is 11.4 Å². The van der Waals surface area contributed by atoms with E-state index >= 15 is 0 Å². The molecule has 4 aromatic rings. The summed E-state index contributed by atoms with van der Waals surface area (Å²) in [5, 5.41) is 5.28. The molecule has 1 amide bonds. The Bertz CT molecular complexity index is 1950. The summed E-state index contributed by atoms with van der Waals surface area (Å²) in [4.78, 5) is 30.1.